The molecular formula is C28H26BrFN2O4S. The number of amides is 1. The first-order chi connectivity index (χ1) is 17.9. The lowest BCUT2D eigenvalue weighted by Crippen LogP contribution is -2.28. The van der Waals surface area contributed by atoms with Crippen LogP contribution in [-0.2, 0) is 11.4 Å². The Morgan fingerprint density at radius 1 is 1.05 bits per heavy atom. The van der Waals surface area contributed by atoms with E-state index in [1.165, 1.54) is 23.9 Å². The van der Waals surface area contributed by atoms with Crippen LogP contribution in [0.1, 0.15) is 25.0 Å². The smallest absolute Gasteiger partial charge is 0.266 e. The zero-order valence-corrected chi connectivity index (χ0v) is 23.1. The second-order valence-electron chi connectivity index (χ2n) is 7.92. The molecule has 6 nitrogen and oxygen atoms in total. The Kier molecular flexibility index (Phi) is 8.89. The molecule has 3 aromatic rings. The van der Waals surface area contributed by atoms with E-state index in [1.807, 2.05) is 50.3 Å². The number of rotatable bonds is 9. The van der Waals surface area contributed by atoms with Gasteiger partial charge in [0.05, 0.1) is 24.3 Å². The quantitative estimate of drug-likeness (QED) is 0.249. The number of carbonyl (C=O) groups excluding carboxylic acids is 1. The third kappa shape index (κ3) is 6.53. The molecule has 9 heteroatoms. The van der Waals surface area contributed by atoms with Crippen molar-refractivity contribution in [3.05, 3.63) is 87.0 Å². The highest BCUT2D eigenvalue weighted by atomic mass is 79.9. The van der Waals surface area contributed by atoms with E-state index in [-0.39, 0.29) is 18.3 Å². The predicted molar refractivity (Wildman–Crippen MR) is 149 cm³/mol. The van der Waals surface area contributed by atoms with Crippen molar-refractivity contribution in [2.24, 2.45) is 4.99 Å². The fourth-order valence-electron chi connectivity index (χ4n) is 3.61. The lowest BCUT2D eigenvalue weighted by atomic mass is 10.1. The van der Waals surface area contributed by atoms with Crippen molar-refractivity contribution in [1.29, 1.82) is 0 Å². The van der Waals surface area contributed by atoms with Crippen molar-refractivity contribution in [2.75, 3.05) is 20.3 Å². The Morgan fingerprint density at radius 3 is 2.49 bits per heavy atom. The van der Waals surface area contributed by atoms with Crippen LogP contribution in [0.25, 0.3) is 6.08 Å². The van der Waals surface area contributed by atoms with Crippen LogP contribution in [-0.4, -0.2) is 36.2 Å². The largest absolute Gasteiger partial charge is 0.497 e. The van der Waals surface area contributed by atoms with Crippen molar-refractivity contribution in [1.82, 2.24) is 4.90 Å². The van der Waals surface area contributed by atoms with Gasteiger partial charge >= 0.3 is 0 Å². The fraction of sp³-hybridized carbons (Fsp3) is 0.214. The number of carbonyl (C=O) groups is 1. The number of benzene rings is 3. The molecule has 1 fully saturated rings. The molecule has 1 saturated heterocycles. The molecule has 0 aromatic heterocycles. The second-order valence-corrected chi connectivity index (χ2v) is 9.79. The maximum absolute atomic E-state index is 13.5. The summed E-state index contributed by atoms with van der Waals surface area (Å²) in [6.45, 7) is 4.92. The van der Waals surface area contributed by atoms with Crippen molar-refractivity contribution in [3.8, 4) is 17.2 Å². The lowest BCUT2D eigenvalue weighted by molar-refractivity contribution is -0.122. The molecule has 3 aromatic carbocycles. The molecular weight excluding hydrogens is 559 g/mol. The normalized spacial score (nSPS) is 15.5. The molecule has 0 radical (unpaired) electrons. The molecule has 0 atom stereocenters. The summed E-state index contributed by atoms with van der Waals surface area (Å²) < 4.78 is 31.2. The van der Waals surface area contributed by atoms with E-state index >= 15 is 0 Å². The van der Waals surface area contributed by atoms with E-state index in [1.54, 1.807) is 30.2 Å². The van der Waals surface area contributed by atoms with E-state index in [9.17, 15) is 9.18 Å². The second kappa shape index (κ2) is 12.3. The molecule has 192 valence electrons. The average molecular weight is 585 g/mol. The van der Waals surface area contributed by atoms with Gasteiger partial charge in [-0.1, -0.05) is 28.1 Å². The van der Waals surface area contributed by atoms with Gasteiger partial charge in [-0.25, -0.2) is 9.38 Å². The van der Waals surface area contributed by atoms with Crippen LogP contribution in [0.2, 0.25) is 0 Å². The number of hydrogen-bond donors (Lipinski definition) is 0. The topological polar surface area (TPSA) is 60.4 Å². The summed E-state index contributed by atoms with van der Waals surface area (Å²) in [4.78, 5) is 20.0. The maximum Gasteiger partial charge on any atom is 0.266 e. The predicted octanol–water partition coefficient (Wildman–Crippen LogP) is 7.20. The minimum Gasteiger partial charge on any atom is -0.497 e. The Morgan fingerprint density at radius 2 is 1.81 bits per heavy atom. The first-order valence-corrected chi connectivity index (χ1v) is 13.3. The highest BCUT2D eigenvalue weighted by Crippen LogP contribution is 2.39. The molecule has 0 N–H and O–H groups in total. The van der Waals surface area contributed by atoms with Crippen molar-refractivity contribution in [2.45, 2.75) is 20.5 Å². The highest BCUT2D eigenvalue weighted by molar-refractivity contribution is 9.10. The molecule has 37 heavy (non-hydrogen) atoms. The van der Waals surface area contributed by atoms with Gasteiger partial charge in [0.2, 0.25) is 0 Å². The number of hydrogen-bond acceptors (Lipinski definition) is 6. The van der Waals surface area contributed by atoms with Gasteiger partial charge in [0, 0.05) is 11.0 Å². The first-order valence-electron chi connectivity index (χ1n) is 11.7. The number of methoxy groups -OCH3 is 1. The Balaban J connectivity index is 1.60. The van der Waals surface area contributed by atoms with Crippen molar-refractivity contribution >= 4 is 50.5 Å². The van der Waals surface area contributed by atoms with Crippen LogP contribution in [0.3, 0.4) is 0 Å². The van der Waals surface area contributed by atoms with Crippen molar-refractivity contribution < 1.29 is 23.4 Å². The number of amidine groups is 1. The van der Waals surface area contributed by atoms with Gasteiger partial charge in [0.1, 0.15) is 18.2 Å². The van der Waals surface area contributed by atoms with Crippen LogP contribution in [0, 0.1) is 5.82 Å². The number of thioether (sulfide) groups is 1. The Bertz CT molecular complexity index is 1340. The number of ether oxygens (including phenoxy) is 3. The minimum absolute atomic E-state index is 0.115. The van der Waals surface area contributed by atoms with Gasteiger partial charge < -0.3 is 14.2 Å². The van der Waals surface area contributed by atoms with Gasteiger partial charge in [-0.3, -0.25) is 9.69 Å². The molecule has 0 unspecified atom stereocenters. The Labute approximate surface area is 228 Å². The minimum atomic E-state index is -0.316. The summed E-state index contributed by atoms with van der Waals surface area (Å²) in [5.74, 6) is 1.36. The van der Waals surface area contributed by atoms with E-state index in [4.69, 9.17) is 14.2 Å². The summed E-state index contributed by atoms with van der Waals surface area (Å²) in [6, 6.07) is 17.2. The fourth-order valence-corrected chi connectivity index (χ4v) is 5.10. The van der Waals surface area contributed by atoms with Crippen LogP contribution in [0.15, 0.2) is 75.0 Å². The van der Waals surface area contributed by atoms with Gasteiger partial charge in [0.15, 0.2) is 16.7 Å². The lowest BCUT2D eigenvalue weighted by Gasteiger charge is -2.14. The van der Waals surface area contributed by atoms with E-state index in [0.717, 1.165) is 21.5 Å². The molecule has 0 spiro atoms. The molecule has 0 bridgehead atoms. The van der Waals surface area contributed by atoms with Gasteiger partial charge in [-0.05, 0) is 91.3 Å². The summed E-state index contributed by atoms with van der Waals surface area (Å²) in [6.07, 6.45) is 1.81. The zero-order valence-electron chi connectivity index (χ0n) is 20.7. The van der Waals surface area contributed by atoms with Crippen LogP contribution in [0.5, 0.6) is 17.2 Å². The van der Waals surface area contributed by atoms with Gasteiger partial charge in [-0.15, -0.1) is 0 Å². The molecule has 1 aliphatic heterocycles. The standard InChI is InChI=1S/C28H26BrFN2O4S/c1-4-32-27(33)26(37-28(32)31-21-9-11-22(34-3)12-10-21)15-19-14-24(35-5-2)25(16-23(19)29)36-17-18-7-6-8-20(30)13-18/h6-16H,4-5,17H2,1-3H3/b26-15+,31-28?. The van der Waals surface area contributed by atoms with Gasteiger partial charge in [-0.2, -0.15) is 0 Å². The summed E-state index contributed by atoms with van der Waals surface area (Å²) in [7, 11) is 1.61. The molecule has 0 aliphatic carbocycles. The number of nitrogens with zero attached hydrogens (tertiary/aromatic N) is 2. The van der Waals surface area contributed by atoms with Crippen LogP contribution < -0.4 is 14.2 Å². The molecule has 0 saturated carbocycles. The van der Waals surface area contributed by atoms with E-state index < -0.39 is 0 Å². The summed E-state index contributed by atoms with van der Waals surface area (Å²) in [5.41, 5.74) is 2.20. The monoisotopic (exact) mass is 584 g/mol. The SMILES string of the molecule is CCOc1cc(/C=C2/SC(=Nc3ccc(OC)cc3)N(CC)C2=O)c(Br)cc1OCc1cccc(F)c1. The van der Waals surface area contributed by atoms with Crippen molar-refractivity contribution in [3.63, 3.8) is 0 Å². The number of aliphatic imine (C=N–C) groups is 1. The first kappa shape index (κ1) is 26.8. The number of likely N-dealkylation sites (N-methyl/N-ethyl adjacent to an activating group) is 1. The average Bonchev–Trinajstić information content (AvgIpc) is 3.18. The summed E-state index contributed by atoms with van der Waals surface area (Å²) in [5, 5.41) is 0.611. The third-order valence-corrected chi connectivity index (χ3v) is 7.13. The van der Waals surface area contributed by atoms with Crippen LogP contribution in [0.4, 0.5) is 10.1 Å². The van der Waals surface area contributed by atoms with Gasteiger partial charge in [0.25, 0.3) is 5.91 Å². The third-order valence-electron chi connectivity index (χ3n) is 5.43. The molecule has 1 aliphatic rings. The van der Waals surface area contributed by atoms with Crippen LogP contribution >= 0.6 is 27.7 Å². The highest BCUT2D eigenvalue weighted by Gasteiger charge is 2.32. The maximum atomic E-state index is 13.5. The molecule has 1 heterocycles. The summed E-state index contributed by atoms with van der Waals surface area (Å²) >= 11 is 4.92. The zero-order chi connectivity index (χ0) is 26.4. The number of halogens is 2. The van der Waals surface area contributed by atoms with E-state index in [2.05, 4.69) is 20.9 Å². The van der Waals surface area contributed by atoms with E-state index in [0.29, 0.717) is 40.3 Å². The Hall–Kier alpha value is -3.30. The molecule has 4 rings (SSSR count). The molecule has 1 amide bonds.